The van der Waals surface area contributed by atoms with Gasteiger partial charge in [-0.05, 0) is 24.0 Å². The minimum atomic E-state index is -0.0380. The molecule has 0 bridgehead atoms. The molecule has 0 spiro atoms. The highest BCUT2D eigenvalue weighted by Gasteiger charge is 2.06. The zero-order chi connectivity index (χ0) is 11.3. The zero-order valence-corrected chi connectivity index (χ0v) is 9.88. The fraction of sp³-hybridized carbons (Fsp3) is 0.364. The third-order valence-electron chi connectivity index (χ3n) is 2.18. The van der Waals surface area contributed by atoms with E-state index < -0.39 is 0 Å². The molecule has 15 heavy (non-hydrogen) atoms. The van der Waals surface area contributed by atoms with Crippen molar-refractivity contribution in [2.45, 2.75) is 11.4 Å². The van der Waals surface area contributed by atoms with Crippen molar-refractivity contribution in [1.82, 2.24) is 4.90 Å². The third kappa shape index (κ3) is 3.57. The van der Waals surface area contributed by atoms with Gasteiger partial charge in [0, 0.05) is 18.5 Å². The van der Waals surface area contributed by atoms with Crippen LogP contribution in [0.3, 0.4) is 0 Å². The molecule has 1 aromatic rings. The summed E-state index contributed by atoms with van der Waals surface area (Å²) >= 11 is 1.71. The first kappa shape index (κ1) is 12.1. The highest BCUT2D eigenvalue weighted by molar-refractivity contribution is 7.98. The van der Waals surface area contributed by atoms with Gasteiger partial charge in [-0.2, -0.15) is 0 Å². The maximum absolute atomic E-state index is 11.2. The Labute approximate surface area is 94.6 Å². The molecule has 1 amide bonds. The number of amides is 1. The summed E-state index contributed by atoms with van der Waals surface area (Å²) in [5.74, 6) is -0.0380. The number of carbonyl (C=O) groups excluding carboxylic acids is 1. The molecule has 0 radical (unpaired) electrons. The SMILES string of the molecule is CSc1ccc(CN(C)C(=O)CN)cc1. The van der Waals surface area contributed by atoms with Crippen LogP contribution in [-0.4, -0.2) is 30.7 Å². The van der Waals surface area contributed by atoms with Crippen LogP contribution in [-0.2, 0) is 11.3 Å². The van der Waals surface area contributed by atoms with E-state index in [0.717, 1.165) is 5.56 Å². The van der Waals surface area contributed by atoms with Gasteiger partial charge in [-0.3, -0.25) is 4.79 Å². The van der Waals surface area contributed by atoms with Crippen molar-refractivity contribution in [3.63, 3.8) is 0 Å². The van der Waals surface area contributed by atoms with E-state index in [1.807, 2.05) is 18.4 Å². The summed E-state index contributed by atoms with van der Waals surface area (Å²) in [6.07, 6.45) is 2.04. The summed E-state index contributed by atoms with van der Waals surface area (Å²) in [5.41, 5.74) is 6.40. The van der Waals surface area contributed by atoms with E-state index in [1.165, 1.54) is 4.90 Å². The van der Waals surface area contributed by atoms with Gasteiger partial charge >= 0.3 is 0 Å². The molecule has 0 aliphatic carbocycles. The van der Waals surface area contributed by atoms with Gasteiger partial charge in [0.1, 0.15) is 0 Å². The lowest BCUT2D eigenvalue weighted by atomic mass is 10.2. The van der Waals surface area contributed by atoms with Gasteiger partial charge in [0.15, 0.2) is 0 Å². The number of nitrogens with zero attached hydrogens (tertiary/aromatic N) is 1. The molecule has 82 valence electrons. The van der Waals surface area contributed by atoms with Gasteiger partial charge < -0.3 is 10.6 Å². The van der Waals surface area contributed by atoms with Gasteiger partial charge in [0.05, 0.1) is 6.54 Å². The number of rotatable bonds is 4. The molecule has 0 fully saturated rings. The van der Waals surface area contributed by atoms with E-state index in [4.69, 9.17) is 5.73 Å². The first-order chi connectivity index (χ1) is 7.17. The van der Waals surface area contributed by atoms with Crippen molar-refractivity contribution in [3.8, 4) is 0 Å². The van der Waals surface area contributed by atoms with Crippen LogP contribution in [0.4, 0.5) is 0 Å². The lowest BCUT2D eigenvalue weighted by Gasteiger charge is -2.16. The van der Waals surface area contributed by atoms with E-state index in [1.54, 1.807) is 23.7 Å². The number of thioether (sulfide) groups is 1. The van der Waals surface area contributed by atoms with Crippen molar-refractivity contribution in [2.24, 2.45) is 5.73 Å². The molecule has 0 unspecified atom stereocenters. The fourth-order valence-corrected chi connectivity index (χ4v) is 1.66. The fourth-order valence-electron chi connectivity index (χ4n) is 1.25. The first-order valence-corrected chi connectivity index (χ1v) is 5.97. The Morgan fingerprint density at radius 2 is 2.00 bits per heavy atom. The van der Waals surface area contributed by atoms with E-state index in [9.17, 15) is 4.79 Å². The molecule has 1 aromatic carbocycles. The molecule has 2 N–H and O–H groups in total. The van der Waals surface area contributed by atoms with E-state index in [-0.39, 0.29) is 12.5 Å². The number of carbonyl (C=O) groups is 1. The standard InChI is InChI=1S/C11H16N2OS/c1-13(11(14)7-12)8-9-3-5-10(15-2)6-4-9/h3-6H,7-8,12H2,1-2H3. The lowest BCUT2D eigenvalue weighted by molar-refractivity contribution is -0.128. The molecule has 0 saturated carbocycles. The van der Waals surface area contributed by atoms with Crippen molar-refractivity contribution >= 4 is 17.7 Å². The largest absolute Gasteiger partial charge is 0.340 e. The summed E-state index contributed by atoms with van der Waals surface area (Å²) in [6, 6.07) is 8.18. The summed E-state index contributed by atoms with van der Waals surface area (Å²) in [7, 11) is 1.76. The molecule has 0 saturated heterocycles. The van der Waals surface area contributed by atoms with Gasteiger partial charge in [0.2, 0.25) is 5.91 Å². The Morgan fingerprint density at radius 3 is 2.47 bits per heavy atom. The summed E-state index contributed by atoms with van der Waals surface area (Å²) in [5, 5.41) is 0. The van der Waals surface area contributed by atoms with Crippen LogP contribution in [0.5, 0.6) is 0 Å². The van der Waals surface area contributed by atoms with Gasteiger partial charge in [-0.15, -0.1) is 11.8 Å². The second-order valence-electron chi connectivity index (χ2n) is 3.30. The quantitative estimate of drug-likeness (QED) is 0.785. The monoisotopic (exact) mass is 224 g/mol. The Balaban J connectivity index is 2.60. The molecular weight excluding hydrogens is 208 g/mol. The lowest BCUT2D eigenvalue weighted by Crippen LogP contribution is -2.32. The average molecular weight is 224 g/mol. The molecule has 0 heterocycles. The van der Waals surface area contributed by atoms with Crippen molar-refractivity contribution in [3.05, 3.63) is 29.8 Å². The average Bonchev–Trinajstić information content (AvgIpc) is 2.29. The predicted octanol–water partition coefficient (Wildman–Crippen LogP) is 1.33. The van der Waals surface area contributed by atoms with E-state index in [0.29, 0.717) is 6.54 Å². The Bertz CT molecular complexity index is 324. The molecule has 0 aliphatic rings. The third-order valence-corrected chi connectivity index (χ3v) is 2.92. The maximum Gasteiger partial charge on any atom is 0.236 e. The topological polar surface area (TPSA) is 46.3 Å². The number of hydrogen-bond acceptors (Lipinski definition) is 3. The smallest absolute Gasteiger partial charge is 0.236 e. The minimum Gasteiger partial charge on any atom is -0.340 e. The van der Waals surface area contributed by atoms with Crippen molar-refractivity contribution in [2.75, 3.05) is 19.8 Å². The Morgan fingerprint density at radius 1 is 1.40 bits per heavy atom. The second kappa shape index (κ2) is 5.78. The molecule has 4 heteroatoms. The molecule has 3 nitrogen and oxygen atoms in total. The normalized spacial score (nSPS) is 10.1. The van der Waals surface area contributed by atoms with Crippen LogP contribution < -0.4 is 5.73 Å². The number of nitrogens with two attached hydrogens (primary N) is 1. The summed E-state index contributed by atoms with van der Waals surface area (Å²) < 4.78 is 0. The van der Waals surface area contributed by atoms with Crippen molar-refractivity contribution in [1.29, 1.82) is 0 Å². The van der Waals surface area contributed by atoms with Crippen LogP contribution in [0.1, 0.15) is 5.56 Å². The molecule has 1 rings (SSSR count). The summed E-state index contributed by atoms with van der Waals surface area (Å²) in [6.45, 7) is 0.685. The zero-order valence-electron chi connectivity index (χ0n) is 9.06. The molecule has 0 atom stereocenters. The van der Waals surface area contributed by atoms with Gasteiger partial charge in [-0.1, -0.05) is 12.1 Å². The summed E-state index contributed by atoms with van der Waals surface area (Å²) in [4.78, 5) is 14.1. The molecular formula is C11H16N2OS. The van der Waals surface area contributed by atoms with Crippen LogP contribution in [0.2, 0.25) is 0 Å². The van der Waals surface area contributed by atoms with E-state index >= 15 is 0 Å². The van der Waals surface area contributed by atoms with Crippen LogP contribution >= 0.6 is 11.8 Å². The predicted molar refractivity (Wildman–Crippen MR) is 63.8 cm³/mol. The van der Waals surface area contributed by atoms with Gasteiger partial charge in [-0.25, -0.2) is 0 Å². The van der Waals surface area contributed by atoms with Crippen LogP contribution in [0, 0.1) is 0 Å². The second-order valence-corrected chi connectivity index (χ2v) is 4.18. The number of hydrogen-bond donors (Lipinski definition) is 1. The Hall–Kier alpha value is -1.00. The first-order valence-electron chi connectivity index (χ1n) is 4.74. The minimum absolute atomic E-state index is 0.0380. The van der Waals surface area contributed by atoms with Crippen LogP contribution in [0.15, 0.2) is 29.2 Å². The maximum atomic E-state index is 11.2. The van der Waals surface area contributed by atoms with E-state index in [2.05, 4.69) is 12.1 Å². The Kier molecular flexibility index (Phi) is 4.65. The number of likely N-dealkylation sites (N-methyl/N-ethyl adjacent to an activating group) is 1. The van der Waals surface area contributed by atoms with Crippen molar-refractivity contribution < 1.29 is 4.79 Å². The molecule has 0 aliphatic heterocycles. The van der Waals surface area contributed by atoms with Crippen LogP contribution in [0.25, 0.3) is 0 Å². The molecule has 0 aromatic heterocycles. The highest BCUT2D eigenvalue weighted by Crippen LogP contribution is 2.15. The highest BCUT2D eigenvalue weighted by atomic mass is 32.2. The van der Waals surface area contributed by atoms with Gasteiger partial charge in [0.25, 0.3) is 0 Å². The number of benzene rings is 1.